The SMILES string of the molecule is Cc1ccc([N+](=O)[O-])cc1NC(=N)N.Cc1ccc([N+](=O)[O-])cc1Nc1nccc(-c2cccnc2)n1. The summed E-state index contributed by atoms with van der Waals surface area (Å²) in [4.78, 5) is 33.1. The molecule has 0 spiro atoms. The number of nitrogens with one attached hydrogen (secondary N) is 3. The predicted octanol–water partition coefficient (Wildman–Crippen LogP) is 4.71. The maximum absolute atomic E-state index is 10.9. The number of aromatic nitrogens is 3. The fraction of sp³-hybridized carbons (Fsp3) is 0.0833. The summed E-state index contributed by atoms with van der Waals surface area (Å²) < 4.78 is 0. The van der Waals surface area contributed by atoms with Gasteiger partial charge in [0.25, 0.3) is 11.4 Å². The van der Waals surface area contributed by atoms with Gasteiger partial charge in [-0.15, -0.1) is 0 Å². The average molecular weight is 502 g/mol. The molecule has 0 atom stereocenters. The fourth-order valence-electron chi connectivity index (χ4n) is 3.08. The Bertz CT molecular complexity index is 1450. The van der Waals surface area contributed by atoms with E-state index in [1.807, 2.05) is 19.1 Å². The highest BCUT2D eigenvalue weighted by Crippen LogP contribution is 2.25. The molecule has 0 fully saturated rings. The maximum Gasteiger partial charge on any atom is 0.271 e. The molecule has 0 saturated carbocycles. The van der Waals surface area contributed by atoms with Crippen LogP contribution in [0.1, 0.15) is 11.1 Å². The van der Waals surface area contributed by atoms with Gasteiger partial charge in [0.05, 0.1) is 26.9 Å². The Hall–Kier alpha value is -5.46. The molecule has 0 saturated heterocycles. The van der Waals surface area contributed by atoms with Crippen molar-refractivity contribution in [3.63, 3.8) is 0 Å². The summed E-state index contributed by atoms with van der Waals surface area (Å²) in [7, 11) is 0. The van der Waals surface area contributed by atoms with Crippen molar-refractivity contribution in [2.75, 3.05) is 10.6 Å². The average Bonchev–Trinajstić information content (AvgIpc) is 2.87. The van der Waals surface area contributed by atoms with Gasteiger partial charge in [0.1, 0.15) is 0 Å². The van der Waals surface area contributed by atoms with Gasteiger partial charge >= 0.3 is 0 Å². The van der Waals surface area contributed by atoms with E-state index < -0.39 is 9.85 Å². The number of anilines is 3. The van der Waals surface area contributed by atoms with Crippen LogP contribution in [0.5, 0.6) is 0 Å². The maximum atomic E-state index is 10.9. The number of nitro groups is 2. The molecule has 188 valence electrons. The molecular formula is C24H23N9O4. The number of rotatable bonds is 6. The van der Waals surface area contributed by atoms with Crippen LogP contribution in [0, 0.1) is 39.5 Å². The summed E-state index contributed by atoms with van der Waals surface area (Å²) in [5.41, 5.74) is 9.44. The van der Waals surface area contributed by atoms with E-state index >= 15 is 0 Å². The third kappa shape index (κ3) is 7.26. The Kier molecular flexibility index (Phi) is 8.33. The lowest BCUT2D eigenvalue weighted by molar-refractivity contribution is -0.385. The van der Waals surface area contributed by atoms with Crippen LogP contribution in [0.3, 0.4) is 0 Å². The van der Waals surface area contributed by atoms with Crippen molar-refractivity contribution in [3.05, 3.63) is 105 Å². The minimum absolute atomic E-state index is 0.0153. The van der Waals surface area contributed by atoms with Gasteiger partial charge in [-0.3, -0.25) is 30.6 Å². The molecule has 2 aromatic carbocycles. The van der Waals surface area contributed by atoms with E-state index in [0.29, 0.717) is 17.3 Å². The number of pyridine rings is 1. The number of non-ortho nitro benzene ring substituents is 2. The zero-order valence-corrected chi connectivity index (χ0v) is 19.9. The quantitative estimate of drug-likeness (QED) is 0.124. The van der Waals surface area contributed by atoms with Gasteiger partial charge in [-0.2, -0.15) is 0 Å². The second-order valence-corrected chi connectivity index (χ2v) is 7.68. The lowest BCUT2D eigenvalue weighted by Gasteiger charge is -2.09. The highest BCUT2D eigenvalue weighted by Gasteiger charge is 2.11. The molecule has 0 unspecified atom stereocenters. The van der Waals surface area contributed by atoms with E-state index in [4.69, 9.17) is 11.1 Å². The molecule has 2 aromatic heterocycles. The Labute approximate surface area is 211 Å². The number of guanidine groups is 1. The van der Waals surface area contributed by atoms with Crippen molar-refractivity contribution in [2.24, 2.45) is 5.73 Å². The Morgan fingerprint density at radius 3 is 2.11 bits per heavy atom. The van der Waals surface area contributed by atoms with Crippen molar-refractivity contribution in [1.82, 2.24) is 15.0 Å². The Balaban J connectivity index is 0.000000233. The van der Waals surface area contributed by atoms with E-state index in [-0.39, 0.29) is 17.3 Å². The Morgan fingerprint density at radius 2 is 1.54 bits per heavy atom. The first-order chi connectivity index (χ1) is 17.6. The lowest BCUT2D eigenvalue weighted by Crippen LogP contribution is -2.21. The third-order valence-corrected chi connectivity index (χ3v) is 4.99. The summed E-state index contributed by atoms with van der Waals surface area (Å²) in [6, 6.07) is 14.5. The van der Waals surface area contributed by atoms with Crippen molar-refractivity contribution < 1.29 is 9.85 Å². The highest BCUT2D eigenvalue weighted by atomic mass is 16.6. The molecule has 37 heavy (non-hydrogen) atoms. The first-order valence-corrected chi connectivity index (χ1v) is 10.8. The molecular weight excluding hydrogens is 478 g/mol. The van der Waals surface area contributed by atoms with Crippen LogP contribution in [-0.2, 0) is 0 Å². The molecule has 5 N–H and O–H groups in total. The van der Waals surface area contributed by atoms with Gasteiger partial charge in [0, 0.05) is 48.4 Å². The molecule has 0 aliphatic rings. The molecule has 4 aromatic rings. The largest absolute Gasteiger partial charge is 0.370 e. The fourth-order valence-corrected chi connectivity index (χ4v) is 3.08. The van der Waals surface area contributed by atoms with E-state index in [1.54, 1.807) is 43.7 Å². The second-order valence-electron chi connectivity index (χ2n) is 7.68. The van der Waals surface area contributed by atoms with Gasteiger partial charge in [0.15, 0.2) is 5.96 Å². The number of nitrogens with two attached hydrogens (primary N) is 1. The van der Waals surface area contributed by atoms with Crippen molar-refractivity contribution >= 4 is 34.7 Å². The van der Waals surface area contributed by atoms with Crippen LogP contribution in [0.4, 0.5) is 28.7 Å². The molecule has 0 aliphatic carbocycles. The van der Waals surface area contributed by atoms with Crippen molar-refractivity contribution in [1.29, 1.82) is 5.41 Å². The molecule has 2 heterocycles. The number of hydrogen-bond acceptors (Lipinski definition) is 9. The number of nitrogens with zero attached hydrogens (tertiary/aromatic N) is 5. The summed E-state index contributed by atoms with van der Waals surface area (Å²) in [6.07, 6.45) is 5.03. The van der Waals surface area contributed by atoms with E-state index in [9.17, 15) is 20.2 Å². The van der Waals surface area contributed by atoms with Crippen LogP contribution in [-0.4, -0.2) is 30.8 Å². The van der Waals surface area contributed by atoms with Crippen LogP contribution in [0.2, 0.25) is 0 Å². The zero-order valence-electron chi connectivity index (χ0n) is 19.9. The highest BCUT2D eigenvalue weighted by molar-refractivity contribution is 5.90. The summed E-state index contributed by atoms with van der Waals surface area (Å²) >= 11 is 0. The predicted molar refractivity (Wildman–Crippen MR) is 140 cm³/mol. The topological polar surface area (TPSA) is 199 Å². The number of hydrogen-bond donors (Lipinski definition) is 4. The molecule has 0 amide bonds. The van der Waals surface area contributed by atoms with E-state index in [2.05, 4.69) is 25.6 Å². The normalized spacial score (nSPS) is 10.0. The first kappa shape index (κ1) is 26.2. The van der Waals surface area contributed by atoms with Gasteiger partial charge in [-0.05, 0) is 43.2 Å². The van der Waals surface area contributed by atoms with Crippen LogP contribution in [0.15, 0.2) is 73.2 Å². The third-order valence-electron chi connectivity index (χ3n) is 4.99. The summed E-state index contributed by atoms with van der Waals surface area (Å²) in [5, 5.41) is 33.9. The minimum atomic E-state index is -0.495. The Morgan fingerprint density at radius 1 is 0.919 bits per heavy atom. The molecule has 13 heteroatoms. The van der Waals surface area contributed by atoms with Crippen molar-refractivity contribution in [3.8, 4) is 11.3 Å². The van der Waals surface area contributed by atoms with Gasteiger partial charge in [-0.1, -0.05) is 12.1 Å². The monoisotopic (exact) mass is 501 g/mol. The van der Waals surface area contributed by atoms with Crippen LogP contribution in [0.25, 0.3) is 11.3 Å². The molecule has 0 bridgehead atoms. The van der Waals surface area contributed by atoms with E-state index in [0.717, 1.165) is 22.4 Å². The number of aryl methyl sites for hydroxylation is 2. The van der Waals surface area contributed by atoms with Gasteiger partial charge in [-0.25, -0.2) is 9.97 Å². The van der Waals surface area contributed by atoms with E-state index in [1.165, 1.54) is 24.3 Å². The molecule has 4 rings (SSSR count). The van der Waals surface area contributed by atoms with Gasteiger partial charge < -0.3 is 16.4 Å². The number of benzene rings is 2. The van der Waals surface area contributed by atoms with Gasteiger partial charge in [0.2, 0.25) is 5.95 Å². The zero-order chi connectivity index (χ0) is 26.9. The van der Waals surface area contributed by atoms with Crippen LogP contribution >= 0.6 is 0 Å². The minimum Gasteiger partial charge on any atom is -0.370 e. The molecule has 0 radical (unpaired) electrons. The number of nitro benzene ring substituents is 2. The smallest absolute Gasteiger partial charge is 0.271 e. The van der Waals surface area contributed by atoms with Crippen LogP contribution < -0.4 is 16.4 Å². The summed E-state index contributed by atoms with van der Waals surface area (Å²) in [5.74, 6) is 0.128. The van der Waals surface area contributed by atoms with Crippen molar-refractivity contribution in [2.45, 2.75) is 13.8 Å². The second kappa shape index (κ2) is 11.8. The standard InChI is InChI=1S/C16H13N5O2.C8H10N4O2/c1-11-4-5-13(21(22)23)9-15(11)20-16-18-8-6-14(19-16)12-3-2-7-17-10-12;1-5-2-3-6(12(13)14)4-7(5)11-8(9)10/h2-10H,1H3,(H,18,19,20);2-4H,1H3,(H4,9,10,11). The molecule has 0 aliphatic heterocycles. The first-order valence-electron chi connectivity index (χ1n) is 10.8. The summed E-state index contributed by atoms with van der Waals surface area (Å²) in [6.45, 7) is 3.63. The molecule has 13 nitrogen and oxygen atoms in total. The lowest BCUT2D eigenvalue weighted by atomic mass is 10.2.